The van der Waals surface area contributed by atoms with Crippen molar-refractivity contribution in [2.24, 2.45) is 0 Å². The molecule has 0 heterocycles. The number of hydrogen-bond acceptors (Lipinski definition) is 0. The van der Waals surface area contributed by atoms with E-state index in [1.807, 2.05) is 0 Å². The predicted octanol–water partition coefficient (Wildman–Crippen LogP) is 7.53. The Bertz CT molecular complexity index is 1570. The average molecular weight is 419 g/mol. The maximum atomic E-state index is 2.44. The molecule has 0 heteroatoms. The molecule has 1 spiro atoms. The first-order valence-electron chi connectivity index (χ1n) is 11.9. The van der Waals surface area contributed by atoms with Gasteiger partial charge in [0.15, 0.2) is 0 Å². The van der Waals surface area contributed by atoms with Gasteiger partial charge in [-0.15, -0.1) is 0 Å². The van der Waals surface area contributed by atoms with Crippen LogP contribution in [0.15, 0.2) is 109 Å². The highest BCUT2D eigenvalue weighted by atomic mass is 14.5. The van der Waals surface area contributed by atoms with Crippen molar-refractivity contribution in [3.05, 3.63) is 154 Å². The zero-order valence-corrected chi connectivity index (χ0v) is 18.3. The van der Waals surface area contributed by atoms with Crippen LogP contribution in [-0.2, 0) is 18.3 Å². The number of fused-ring (bicyclic) bond motifs is 13. The van der Waals surface area contributed by atoms with Crippen molar-refractivity contribution in [2.75, 3.05) is 0 Å². The lowest BCUT2D eigenvalue weighted by molar-refractivity contribution is 0.722. The number of benzene rings is 5. The third-order valence-electron chi connectivity index (χ3n) is 8.19. The van der Waals surface area contributed by atoms with Crippen LogP contribution in [0.5, 0.6) is 0 Å². The van der Waals surface area contributed by atoms with Crippen LogP contribution in [0, 0.1) is 0 Å². The number of hydrogen-bond donors (Lipinski definition) is 0. The molecule has 0 amide bonds. The van der Waals surface area contributed by atoms with Crippen molar-refractivity contribution in [1.82, 2.24) is 0 Å². The lowest BCUT2D eigenvalue weighted by atomic mass is 9.61. The van der Waals surface area contributed by atoms with Crippen molar-refractivity contribution < 1.29 is 0 Å². The van der Waals surface area contributed by atoms with E-state index >= 15 is 0 Å². The minimum absolute atomic E-state index is 0.260. The third-order valence-corrected chi connectivity index (χ3v) is 8.19. The Morgan fingerprint density at radius 1 is 0.364 bits per heavy atom. The first-order valence-corrected chi connectivity index (χ1v) is 11.9. The van der Waals surface area contributed by atoms with Gasteiger partial charge >= 0.3 is 0 Å². The quantitative estimate of drug-likeness (QED) is 0.239. The zero-order valence-electron chi connectivity index (χ0n) is 18.3. The Hall–Kier alpha value is -3.90. The van der Waals surface area contributed by atoms with Crippen LogP contribution < -0.4 is 0 Å². The van der Waals surface area contributed by atoms with E-state index in [0.29, 0.717) is 0 Å². The van der Waals surface area contributed by atoms with E-state index in [0.717, 1.165) is 12.8 Å². The molecular weight excluding hydrogens is 396 g/mol. The standard InChI is InChI=1S/C33H22/c1-4-12-25-21(9-1)19-24-17-18-30-32(31(24)25)26-13-5-8-16-29(26)33(30)27-14-6-2-10-22(27)20-23-11-3-7-15-28(23)33/h1-18H,19-20H2. The van der Waals surface area contributed by atoms with Gasteiger partial charge < -0.3 is 0 Å². The van der Waals surface area contributed by atoms with Crippen LogP contribution in [-0.4, -0.2) is 0 Å². The molecule has 154 valence electrons. The molecule has 0 unspecified atom stereocenters. The van der Waals surface area contributed by atoms with Gasteiger partial charge in [-0.25, -0.2) is 0 Å². The lowest BCUT2D eigenvalue weighted by Crippen LogP contribution is -2.34. The highest BCUT2D eigenvalue weighted by molar-refractivity contribution is 5.99. The summed E-state index contributed by atoms with van der Waals surface area (Å²) < 4.78 is 0. The second-order valence-corrected chi connectivity index (χ2v) is 9.64. The van der Waals surface area contributed by atoms with E-state index in [1.165, 1.54) is 66.8 Å². The van der Waals surface area contributed by atoms with Gasteiger partial charge in [0.2, 0.25) is 0 Å². The highest BCUT2D eigenvalue weighted by Crippen LogP contribution is 2.62. The Morgan fingerprint density at radius 3 is 1.64 bits per heavy atom. The molecule has 5 aromatic carbocycles. The fraction of sp³-hybridized carbons (Fsp3) is 0.0909. The topological polar surface area (TPSA) is 0 Å². The van der Waals surface area contributed by atoms with Crippen molar-refractivity contribution >= 4 is 0 Å². The van der Waals surface area contributed by atoms with E-state index in [4.69, 9.17) is 0 Å². The summed E-state index contributed by atoms with van der Waals surface area (Å²) in [5, 5.41) is 0. The Morgan fingerprint density at radius 2 is 0.909 bits per heavy atom. The molecule has 0 fully saturated rings. The molecule has 5 aromatic rings. The van der Waals surface area contributed by atoms with Crippen LogP contribution in [0.1, 0.15) is 44.5 Å². The first-order chi connectivity index (χ1) is 16.4. The van der Waals surface area contributed by atoms with Gasteiger partial charge in [0.1, 0.15) is 0 Å². The second kappa shape index (κ2) is 6.11. The van der Waals surface area contributed by atoms with Gasteiger partial charge in [0.25, 0.3) is 0 Å². The van der Waals surface area contributed by atoms with Crippen LogP contribution in [0.25, 0.3) is 22.3 Å². The van der Waals surface area contributed by atoms with Crippen molar-refractivity contribution in [3.63, 3.8) is 0 Å². The predicted molar refractivity (Wildman–Crippen MR) is 135 cm³/mol. The normalized spacial score (nSPS) is 15.3. The minimum Gasteiger partial charge on any atom is -0.0620 e. The van der Waals surface area contributed by atoms with E-state index in [9.17, 15) is 0 Å². The smallest absolute Gasteiger partial charge is 0.0620 e. The molecule has 0 saturated carbocycles. The summed E-state index contributed by atoms with van der Waals surface area (Å²) in [7, 11) is 0. The maximum Gasteiger partial charge on any atom is 0.0719 e. The van der Waals surface area contributed by atoms with Crippen LogP contribution in [0.2, 0.25) is 0 Å². The Labute approximate surface area is 194 Å². The van der Waals surface area contributed by atoms with E-state index in [-0.39, 0.29) is 5.41 Å². The van der Waals surface area contributed by atoms with E-state index in [1.54, 1.807) is 0 Å². The SMILES string of the molecule is c1ccc2c(c1)Cc1ccc3c(c1-2)-c1ccccc1C31c2ccccc2Cc2ccccc21. The molecule has 0 N–H and O–H groups in total. The minimum atomic E-state index is -0.260. The summed E-state index contributed by atoms with van der Waals surface area (Å²) >= 11 is 0. The summed E-state index contributed by atoms with van der Waals surface area (Å²) in [5.41, 5.74) is 17.0. The van der Waals surface area contributed by atoms with Crippen LogP contribution in [0.3, 0.4) is 0 Å². The van der Waals surface area contributed by atoms with Gasteiger partial charge in [0, 0.05) is 0 Å². The largest absolute Gasteiger partial charge is 0.0719 e. The Kier molecular flexibility index (Phi) is 3.27. The second-order valence-electron chi connectivity index (χ2n) is 9.64. The molecule has 33 heavy (non-hydrogen) atoms. The molecule has 0 saturated heterocycles. The highest BCUT2D eigenvalue weighted by Gasteiger charge is 2.50. The number of rotatable bonds is 0. The monoisotopic (exact) mass is 418 g/mol. The molecule has 3 aliphatic rings. The summed E-state index contributed by atoms with van der Waals surface area (Å²) in [4.78, 5) is 0. The first kappa shape index (κ1) is 17.6. The van der Waals surface area contributed by atoms with E-state index < -0.39 is 0 Å². The molecule has 0 atom stereocenters. The molecule has 0 aliphatic heterocycles. The summed E-state index contributed by atoms with van der Waals surface area (Å²) in [6.07, 6.45) is 2.03. The molecule has 0 nitrogen and oxygen atoms in total. The lowest BCUT2D eigenvalue weighted by Gasteiger charge is -2.40. The molecular formula is C33H22. The van der Waals surface area contributed by atoms with Crippen molar-refractivity contribution in [3.8, 4) is 22.3 Å². The van der Waals surface area contributed by atoms with Gasteiger partial charge in [-0.2, -0.15) is 0 Å². The van der Waals surface area contributed by atoms with Crippen molar-refractivity contribution in [1.29, 1.82) is 0 Å². The summed E-state index contributed by atoms with van der Waals surface area (Å²) in [6, 6.07) is 41.2. The van der Waals surface area contributed by atoms with Gasteiger partial charge in [0.05, 0.1) is 5.41 Å². The average Bonchev–Trinajstić information content (AvgIpc) is 3.39. The third kappa shape index (κ3) is 2.03. The van der Waals surface area contributed by atoms with Gasteiger partial charge in [-0.1, -0.05) is 109 Å². The molecule has 0 aromatic heterocycles. The molecule has 8 rings (SSSR count). The van der Waals surface area contributed by atoms with E-state index in [2.05, 4.69) is 109 Å². The Balaban J connectivity index is 1.59. The fourth-order valence-electron chi connectivity index (χ4n) is 7.00. The summed E-state index contributed by atoms with van der Waals surface area (Å²) in [5.74, 6) is 0. The molecule has 0 bridgehead atoms. The maximum absolute atomic E-state index is 2.44. The fourth-order valence-corrected chi connectivity index (χ4v) is 7.00. The summed E-state index contributed by atoms with van der Waals surface area (Å²) in [6.45, 7) is 0. The zero-order chi connectivity index (χ0) is 21.6. The molecule has 0 radical (unpaired) electrons. The van der Waals surface area contributed by atoms with Crippen molar-refractivity contribution in [2.45, 2.75) is 18.3 Å². The van der Waals surface area contributed by atoms with Gasteiger partial charge in [-0.05, 0) is 79.6 Å². The van der Waals surface area contributed by atoms with Crippen LogP contribution >= 0.6 is 0 Å². The van der Waals surface area contributed by atoms with Gasteiger partial charge in [-0.3, -0.25) is 0 Å². The molecule has 3 aliphatic carbocycles. The van der Waals surface area contributed by atoms with Crippen LogP contribution in [0.4, 0.5) is 0 Å².